The number of carbonyl (C=O) groups is 1. The Morgan fingerprint density at radius 2 is 1.81 bits per heavy atom. The van der Waals surface area contributed by atoms with Crippen molar-refractivity contribution in [2.45, 2.75) is 6.18 Å². The normalized spacial score (nSPS) is 11.2. The largest absolute Gasteiger partial charge is 0.477 e. The van der Waals surface area contributed by atoms with E-state index in [1.807, 2.05) is 0 Å². The van der Waals surface area contributed by atoms with Crippen LogP contribution in [0.1, 0.15) is 16.2 Å². The van der Waals surface area contributed by atoms with Gasteiger partial charge >= 0.3 is 12.1 Å². The first-order valence-electron chi connectivity index (χ1n) is 7.31. The third-order valence-electron chi connectivity index (χ3n) is 3.33. The summed E-state index contributed by atoms with van der Waals surface area (Å²) in [6, 6.07) is 11.9. The number of aromatic carboxylic acids is 1. The molecule has 132 valence electrons. The van der Waals surface area contributed by atoms with E-state index in [1.54, 1.807) is 36.4 Å². The van der Waals surface area contributed by atoms with Crippen LogP contribution in [0.3, 0.4) is 0 Å². The quantitative estimate of drug-likeness (QED) is 0.731. The summed E-state index contributed by atoms with van der Waals surface area (Å²) in [6.07, 6.45) is -3.55. The summed E-state index contributed by atoms with van der Waals surface area (Å²) in [5.74, 6) is -1.36. The highest BCUT2D eigenvalue weighted by molar-refractivity contribution is 5.86. The molecule has 0 radical (unpaired) electrons. The number of anilines is 2. The highest BCUT2D eigenvalue weighted by Crippen LogP contribution is 2.28. The Hall–Kier alpha value is -3.49. The van der Waals surface area contributed by atoms with Crippen LogP contribution in [-0.2, 0) is 6.18 Å². The summed E-state index contributed by atoms with van der Waals surface area (Å²) >= 11 is 0. The number of benzene rings is 1. The molecule has 0 saturated carbocycles. The molecule has 3 rings (SSSR count). The van der Waals surface area contributed by atoms with Gasteiger partial charge in [-0.2, -0.15) is 13.2 Å². The van der Waals surface area contributed by atoms with Crippen LogP contribution >= 0.6 is 0 Å². The fourth-order valence-corrected chi connectivity index (χ4v) is 2.18. The maximum atomic E-state index is 12.7. The van der Waals surface area contributed by atoms with Crippen LogP contribution < -0.4 is 5.32 Å². The summed E-state index contributed by atoms with van der Waals surface area (Å²) in [6.45, 7) is 0. The van der Waals surface area contributed by atoms with Gasteiger partial charge in [0, 0.05) is 17.4 Å². The number of pyridine rings is 1. The fraction of sp³-hybridized carbons (Fsp3) is 0.0588. The fourth-order valence-electron chi connectivity index (χ4n) is 2.18. The maximum absolute atomic E-state index is 12.7. The van der Waals surface area contributed by atoms with Crippen molar-refractivity contribution < 1.29 is 23.1 Å². The Kier molecular flexibility index (Phi) is 4.53. The number of alkyl halides is 3. The number of rotatable bonds is 4. The van der Waals surface area contributed by atoms with Gasteiger partial charge in [0.2, 0.25) is 5.95 Å². The van der Waals surface area contributed by atoms with Crippen molar-refractivity contribution in [1.29, 1.82) is 0 Å². The molecule has 0 fully saturated rings. The highest BCUT2D eigenvalue weighted by atomic mass is 19.4. The molecule has 2 N–H and O–H groups in total. The second-order valence-electron chi connectivity index (χ2n) is 5.18. The van der Waals surface area contributed by atoms with Crippen LogP contribution in [0.15, 0.2) is 54.7 Å². The van der Waals surface area contributed by atoms with Crippen LogP contribution in [0.5, 0.6) is 0 Å². The lowest BCUT2D eigenvalue weighted by Crippen LogP contribution is -2.10. The zero-order valence-electron chi connectivity index (χ0n) is 13.0. The number of nitrogens with zero attached hydrogens (tertiary/aromatic N) is 3. The Bertz CT molecular complexity index is 960. The molecule has 0 spiro atoms. The van der Waals surface area contributed by atoms with Crippen LogP contribution in [0, 0.1) is 0 Å². The molecule has 0 amide bonds. The second-order valence-corrected chi connectivity index (χ2v) is 5.18. The van der Waals surface area contributed by atoms with Gasteiger partial charge in [-0.25, -0.2) is 19.7 Å². The minimum absolute atomic E-state index is 0.109. The zero-order valence-corrected chi connectivity index (χ0v) is 13.0. The lowest BCUT2D eigenvalue weighted by atomic mass is 10.1. The minimum atomic E-state index is -4.57. The van der Waals surface area contributed by atoms with Crippen molar-refractivity contribution in [3.8, 4) is 11.3 Å². The molecule has 9 heteroatoms. The molecule has 0 unspecified atom stereocenters. The van der Waals surface area contributed by atoms with E-state index in [1.165, 1.54) is 6.07 Å². The van der Waals surface area contributed by atoms with Crippen molar-refractivity contribution in [3.05, 3.63) is 66.1 Å². The summed E-state index contributed by atoms with van der Waals surface area (Å²) in [7, 11) is 0. The summed E-state index contributed by atoms with van der Waals surface area (Å²) < 4.78 is 38.2. The average Bonchev–Trinajstić information content (AvgIpc) is 2.61. The molecule has 0 aliphatic carbocycles. The van der Waals surface area contributed by atoms with Crippen molar-refractivity contribution in [2.24, 2.45) is 0 Å². The molecule has 0 atom stereocenters. The Labute approximate surface area is 145 Å². The predicted molar refractivity (Wildman–Crippen MR) is 86.9 cm³/mol. The number of hydrogen-bond acceptors (Lipinski definition) is 5. The van der Waals surface area contributed by atoms with E-state index in [0.717, 1.165) is 12.3 Å². The third-order valence-corrected chi connectivity index (χ3v) is 3.33. The third kappa shape index (κ3) is 3.94. The van der Waals surface area contributed by atoms with Gasteiger partial charge in [-0.05, 0) is 30.3 Å². The number of carboxylic acid groups (broad SMARTS) is 1. The van der Waals surface area contributed by atoms with Gasteiger partial charge in [0.25, 0.3) is 0 Å². The average molecular weight is 360 g/mol. The van der Waals surface area contributed by atoms with Gasteiger partial charge in [-0.1, -0.05) is 18.2 Å². The van der Waals surface area contributed by atoms with Crippen molar-refractivity contribution in [2.75, 3.05) is 5.32 Å². The number of hydrogen-bond donors (Lipinski definition) is 2. The van der Waals surface area contributed by atoms with E-state index in [9.17, 15) is 18.0 Å². The molecule has 0 saturated heterocycles. The maximum Gasteiger partial charge on any atom is 0.433 e. The number of nitrogens with one attached hydrogen (secondary N) is 1. The van der Waals surface area contributed by atoms with Gasteiger partial charge < -0.3 is 10.4 Å². The van der Waals surface area contributed by atoms with E-state index in [2.05, 4.69) is 20.3 Å². The Balaban J connectivity index is 1.89. The first-order chi connectivity index (χ1) is 12.3. The molecular formula is C17H11F3N4O2. The molecule has 2 aromatic heterocycles. The number of carboxylic acids is 1. The van der Waals surface area contributed by atoms with E-state index >= 15 is 0 Å². The minimum Gasteiger partial charge on any atom is -0.477 e. The molecule has 3 aromatic rings. The first-order valence-corrected chi connectivity index (χ1v) is 7.31. The summed E-state index contributed by atoms with van der Waals surface area (Å²) in [5.41, 5.74) is 0.275. The molecule has 0 aliphatic rings. The lowest BCUT2D eigenvalue weighted by Gasteiger charge is -2.10. The molecule has 2 heterocycles. The Morgan fingerprint density at radius 1 is 1.04 bits per heavy atom. The van der Waals surface area contributed by atoms with Gasteiger partial charge in [0.15, 0.2) is 0 Å². The number of halogens is 3. The lowest BCUT2D eigenvalue weighted by molar-refractivity contribution is -0.141. The highest BCUT2D eigenvalue weighted by Gasteiger charge is 2.32. The molecule has 1 aromatic carbocycles. The van der Waals surface area contributed by atoms with Crippen LogP contribution in [-0.4, -0.2) is 26.0 Å². The molecule has 6 nitrogen and oxygen atoms in total. The topological polar surface area (TPSA) is 88.0 Å². The molecule has 26 heavy (non-hydrogen) atoms. The predicted octanol–water partition coefficient (Wildman–Crippen LogP) is 4.00. The summed E-state index contributed by atoms with van der Waals surface area (Å²) in [4.78, 5) is 22.3. The summed E-state index contributed by atoms with van der Waals surface area (Å²) in [5, 5.41) is 11.7. The second kappa shape index (κ2) is 6.79. The monoisotopic (exact) mass is 360 g/mol. The molecular weight excluding hydrogens is 349 g/mol. The van der Waals surface area contributed by atoms with Gasteiger partial charge in [-0.15, -0.1) is 0 Å². The van der Waals surface area contributed by atoms with Crippen molar-refractivity contribution >= 4 is 17.6 Å². The molecule has 0 bridgehead atoms. The Morgan fingerprint density at radius 3 is 2.54 bits per heavy atom. The van der Waals surface area contributed by atoms with Gasteiger partial charge in [0.1, 0.15) is 11.4 Å². The first kappa shape index (κ1) is 17.3. The zero-order chi connectivity index (χ0) is 18.7. The van der Waals surface area contributed by atoms with Crippen molar-refractivity contribution in [3.63, 3.8) is 0 Å². The van der Waals surface area contributed by atoms with Crippen LogP contribution in [0.4, 0.5) is 24.8 Å². The van der Waals surface area contributed by atoms with Crippen LogP contribution in [0.25, 0.3) is 11.3 Å². The standard InChI is InChI=1S/C17H11F3N4O2/c18-17(19,20)14-7-8-21-16(24-14)22-11-4-1-3-10(9-11)12-5-2-6-13(23-12)15(25)26/h1-9H,(H,25,26)(H,21,22,24). The van der Waals surface area contributed by atoms with Crippen LogP contribution in [0.2, 0.25) is 0 Å². The SMILES string of the molecule is O=C(O)c1cccc(-c2cccc(Nc3nccc(C(F)(F)F)n3)c2)n1. The van der Waals surface area contributed by atoms with E-state index in [-0.39, 0.29) is 11.6 Å². The van der Waals surface area contributed by atoms with Crippen molar-refractivity contribution in [1.82, 2.24) is 15.0 Å². The van der Waals surface area contributed by atoms with Gasteiger partial charge in [-0.3, -0.25) is 0 Å². The number of aromatic nitrogens is 3. The van der Waals surface area contributed by atoms with Gasteiger partial charge in [0.05, 0.1) is 5.69 Å². The van der Waals surface area contributed by atoms with E-state index in [0.29, 0.717) is 16.9 Å². The van der Waals surface area contributed by atoms with E-state index in [4.69, 9.17) is 5.11 Å². The molecule has 0 aliphatic heterocycles. The van der Waals surface area contributed by atoms with E-state index < -0.39 is 17.8 Å². The smallest absolute Gasteiger partial charge is 0.433 e.